The predicted octanol–water partition coefficient (Wildman–Crippen LogP) is 4.55. The van der Waals surface area contributed by atoms with E-state index in [1.165, 1.54) is 11.8 Å². The first-order valence-electron chi connectivity index (χ1n) is 7.31. The second-order valence-electron chi connectivity index (χ2n) is 4.93. The van der Waals surface area contributed by atoms with Crippen LogP contribution in [0.2, 0.25) is 0 Å². The Labute approximate surface area is 148 Å². The van der Waals surface area contributed by atoms with Crippen LogP contribution in [-0.2, 0) is 4.79 Å². The summed E-state index contributed by atoms with van der Waals surface area (Å²) >= 11 is 3.09. The molecular formula is C18H16N2O2S2. The summed E-state index contributed by atoms with van der Waals surface area (Å²) in [5.74, 6) is 1.14. The molecule has 0 fully saturated rings. The van der Waals surface area contributed by atoms with Crippen molar-refractivity contribution in [3.63, 3.8) is 0 Å². The number of methoxy groups -OCH3 is 1. The Morgan fingerprint density at radius 3 is 2.54 bits per heavy atom. The molecule has 0 saturated carbocycles. The maximum Gasteiger partial charge on any atom is 0.234 e. The number of hydrogen-bond donors (Lipinski definition) is 1. The van der Waals surface area contributed by atoms with E-state index in [1.54, 1.807) is 24.6 Å². The van der Waals surface area contributed by atoms with Crippen LogP contribution in [0.4, 0.5) is 5.69 Å². The highest BCUT2D eigenvalue weighted by molar-refractivity contribution is 8.00. The number of rotatable bonds is 6. The topological polar surface area (TPSA) is 51.2 Å². The predicted molar refractivity (Wildman–Crippen MR) is 99.9 cm³/mol. The molecule has 1 aromatic heterocycles. The number of thiazole rings is 1. The van der Waals surface area contributed by atoms with Gasteiger partial charge in [0.25, 0.3) is 0 Å². The molecule has 0 bridgehead atoms. The Morgan fingerprint density at radius 2 is 1.92 bits per heavy atom. The van der Waals surface area contributed by atoms with Crippen LogP contribution >= 0.6 is 23.1 Å². The molecule has 0 spiro atoms. The minimum absolute atomic E-state index is 0.0298. The fraction of sp³-hybridized carbons (Fsp3) is 0.111. The molecule has 0 aliphatic rings. The molecule has 3 rings (SSSR count). The van der Waals surface area contributed by atoms with Crippen LogP contribution in [0, 0.1) is 0 Å². The van der Waals surface area contributed by atoms with Crippen LogP contribution in [0.25, 0.3) is 10.6 Å². The maximum absolute atomic E-state index is 12.1. The normalized spacial score (nSPS) is 10.4. The lowest BCUT2D eigenvalue weighted by molar-refractivity contribution is -0.113. The van der Waals surface area contributed by atoms with Crippen LogP contribution in [0.1, 0.15) is 0 Å². The first kappa shape index (κ1) is 16.5. The summed E-state index contributed by atoms with van der Waals surface area (Å²) in [7, 11) is 1.63. The number of carbonyl (C=O) groups is 1. The van der Waals surface area contributed by atoms with Gasteiger partial charge >= 0.3 is 0 Å². The zero-order valence-corrected chi connectivity index (χ0v) is 14.7. The van der Waals surface area contributed by atoms with Gasteiger partial charge in [-0.1, -0.05) is 0 Å². The Bertz CT molecular complexity index is 785. The van der Waals surface area contributed by atoms with Crippen molar-refractivity contribution in [3.8, 4) is 16.3 Å². The molecule has 4 nitrogen and oxygen atoms in total. The lowest BCUT2D eigenvalue weighted by Crippen LogP contribution is -2.13. The Hall–Kier alpha value is -2.31. The molecule has 3 aromatic rings. The molecule has 0 saturated heterocycles. The standard InChI is InChI=1S/C18H16N2O2S2/c1-22-15-6-8-16(9-7-15)24-12-17(21)20-14-4-2-13(3-5-14)18-19-10-11-23-18/h2-11H,12H2,1H3,(H,20,21). The van der Waals surface area contributed by atoms with E-state index < -0.39 is 0 Å². The van der Waals surface area contributed by atoms with Gasteiger partial charge in [-0.15, -0.1) is 23.1 Å². The Balaban J connectivity index is 1.52. The number of benzene rings is 2. The van der Waals surface area contributed by atoms with Gasteiger partial charge < -0.3 is 10.1 Å². The lowest BCUT2D eigenvalue weighted by atomic mass is 10.2. The van der Waals surface area contributed by atoms with Crippen LogP contribution in [-0.4, -0.2) is 23.8 Å². The van der Waals surface area contributed by atoms with Crippen molar-refractivity contribution in [2.75, 3.05) is 18.2 Å². The molecular weight excluding hydrogens is 340 g/mol. The van der Waals surface area contributed by atoms with E-state index in [0.29, 0.717) is 5.75 Å². The molecule has 0 atom stereocenters. The monoisotopic (exact) mass is 356 g/mol. The van der Waals surface area contributed by atoms with Gasteiger partial charge in [0.15, 0.2) is 0 Å². The minimum atomic E-state index is -0.0298. The first-order chi connectivity index (χ1) is 11.7. The van der Waals surface area contributed by atoms with E-state index in [4.69, 9.17) is 4.74 Å². The van der Waals surface area contributed by atoms with Gasteiger partial charge in [0.05, 0.1) is 12.9 Å². The summed E-state index contributed by atoms with van der Waals surface area (Å²) in [5.41, 5.74) is 1.84. The molecule has 0 aliphatic carbocycles. The minimum Gasteiger partial charge on any atom is -0.497 e. The molecule has 6 heteroatoms. The SMILES string of the molecule is COc1ccc(SCC(=O)Nc2ccc(-c3nccs3)cc2)cc1. The van der Waals surface area contributed by atoms with E-state index in [9.17, 15) is 4.79 Å². The zero-order chi connectivity index (χ0) is 16.8. The molecule has 1 N–H and O–H groups in total. The fourth-order valence-electron chi connectivity index (χ4n) is 2.08. The lowest BCUT2D eigenvalue weighted by Gasteiger charge is -2.06. The van der Waals surface area contributed by atoms with Gasteiger partial charge in [-0.05, 0) is 48.5 Å². The van der Waals surface area contributed by atoms with Crippen molar-refractivity contribution < 1.29 is 9.53 Å². The quantitative estimate of drug-likeness (QED) is 0.658. The fourth-order valence-corrected chi connectivity index (χ4v) is 3.42. The molecule has 2 aromatic carbocycles. The number of carbonyl (C=O) groups excluding carboxylic acids is 1. The number of aromatic nitrogens is 1. The van der Waals surface area contributed by atoms with Crippen molar-refractivity contribution in [1.29, 1.82) is 0 Å². The molecule has 1 amide bonds. The Kier molecular flexibility index (Phi) is 5.51. The molecule has 0 aliphatic heterocycles. The number of thioether (sulfide) groups is 1. The number of nitrogens with zero attached hydrogens (tertiary/aromatic N) is 1. The summed E-state index contributed by atoms with van der Waals surface area (Å²) in [4.78, 5) is 17.4. The van der Waals surface area contributed by atoms with E-state index in [1.807, 2.05) is 53.9 Å². The number of amides is 1. The summed E-state index contributed by atoms with van der Waals surface area (Å²) < 4.78 is 5.12. The third kappa shape index (κ3) is 4.37. The summed E-state index contributed by atoms with van der Waals surface area (Å²) in [6.07, 6.45) is 1.78. The largest absolute Gasteiger partial charge is 0.497 e. The van der Waals surface area contributed by atoms with Crippen LogP contribution in [0.3, 0.4) is 0 Å². The molecule has 122 valence electrons. The van der Waals surface area contributed by atoms with Gasteiger partial charge in [0.2, 0.25) is 5.91 Å². The van der Waals surface area contributed by atoms with Crippen molar-refractivity contribution in [2.45, 2.75) is 4.90 Å². The van der Waals surface area contributed by atoms with Gasteiger partial charge in [-0.3, -0.25) is 4.79 Å². The molecule has 24 heavy (non-hydrogen) atoms. The van der Waals surface area contributed by atoms with Crippen LogP contribution < -0.4 is 10.1 Å². The maximum atomic E-state index is 12.1. The summed E-state index contributed by atoms with van der Waals surface area (Å²) in [5, 5.41) is 5.83. The second-order valence-corrected chi connectivity index (χ2v) is 6.87. The highest BCUT2D eigenvalue weighted by Crippen LogP contribution is 2.24. The number of anilines is 1. The highest BCUT2D eigenvalue weighted by atomic mass is 32.2. The van der Waals surface area contributed by atoms with Crippen LogP contribution in [0.15, 0.2) is 65.0 Å². The highest BCUT2D eigenvalue weighted by Gasteiger charge is 2.05. The smallest absolute Gasteiger partial charge is 0.234 e. The van der Waals surface area contributed by atoms with E-state index in [2.05, 4.69) is 10.3 Å². The van der Waals surface area contributed by atoms with Gasteiger partial charge in [-0.25, -0.2) is 4.98 Å². The average molecular weight is 356 g/mol. The van der Waals surface area contributed by atoms with E-state index in [-0.39, 0.29) is 5.91 Å². The molecule has 0 unspecified atom stereocenters. The van der Waals surface area contributed by atoms with Crippen LogP contribution in [0.5, 0.6) is 5.75 Å². The number of hydrogen-bond acceptors (Lipinski definition) is 5. The van der Waals surface area contributed by atoms with Gasteiger partial charge in [0, 0.05) is 27.7 Å². The molecule has 0 radical (unpaired) electrons. The van der Waals surface area contributed by atoms with Crippen molar-refractivity contribution in [2.24, 2.45) is 0 Å². The first-order valence-corrected chi connectivity index (χ1v) is 9.18. The summed E-state index contributed by atoms with van der Waals surface area (Å²) in [6, 6.07) is 15.4. The number of ether oxygens (including phenoxy) is 1. The third-order valence-corrected chi connectivity index (χ3v) is 5.11. The van der Waals surface area contributed by atoms with E-state index in [0.717, 1.165) is 26.9 Å². The van der Waals surface area contributed by atoms with Crippen molar-refractivity contribution >= 4 is 34.7 Å². The van der Waals surface area contributed by atoms with Gasteiger partial charge in [-0.2, -0.15) is 0 Å². The number of nitrogens with one attached hydrogen (secondary N) is 1. The second kappa shape index (κ2) is 7.99. The molecule has 1 heterocycles. The zero-order valence-electron chi connectivity index (χ0n) is 13.1. The van der Waals surface area contributed by atoms with Crippen molar-refractivity contribution in [1.82, 2.24) is 4.98 Å². The van der Waals surface area contributed by atoms with Crippen molar-refractivity contribution in [3.05, 3.63) is 60.1 Å². The Morgan fingerprint density at radius 1 is 1.17 bits per heavy atom. The van der Waals surface area contributed by atoms with Gasteiger partial charge in [0.1, 0.15) is 10.8 Å². The third-order valence-electron chi connectivity index (χ3n) is 3.28. The average Bonchev–Trinajstić information content (AvgIpc) is 3.16. The summed E-state index contributed by atoms with van der Waals surface area (Å²) in [6.45, 7) is 0. The van der Waals surface area contributed by atoms with E-state index >= 15 is 0 Å².